The van der Waals surface area contributed by atoms with Crippen LogP contribution in [0.1, 0.15) is 207 Å². The Morgan fingerprint density at radius 3 is 1.72 bits per heavy atom. The number of nitrogens with one attached hydrogen (secondary N) is 9. The molecule has 2 bridgehead atoms. The molecule has 0 aromatic heterocycles. The van der Waals surface area contributed by atoms with E-state index in [-0.39, 0.29) is 62.3 Å². The normalized spacial score (nSPS) is 21.8. The maximum atomic E-state index is 14.9. The first kappa shape index (κ1) is 89.1. The van der Waals surface area contributed by atoms with E-state index in [0.717, 1.165) is 43.9 Å². The molecule has 2 aromatic carbocycles. The van der Waals surface area contributed by atoms with Crippen LogP contribution in [0, 0.1) is 11.8 Å². The summed E-state index contributed by atoms with van der Waals surface area (Å²) in [5.74, 6) is -16.1. The molecule has 11 amide bonds. The number of phenolic OH excluding ortho intramolecular Hbond substituents is 1. The number of carboxylic acids is 2. The summed E-state index contributed by atoms with van der Waals surface area (Å²) in [4.78, 5) is 196. The van der Waals surface area contributed by atoms with Gasteiger partial charge < -0.3 is 94.5 Å². The van der Waals surface area contributed by atoms with Crippen molar-refractivity contribution in [1.82, 2.24) is 52.8 Å². The second-order valence-electron chi connectivity index (χ2n) is 28.1. The highest BCUT2D eigenvalue weighted by molar-refractivity contribution is 6.00. The van der Waals surface area contributed by atoms with Crippen molar-refractivity contribution in [2.75, 3.05) is 13.1 Å². The van der Waals surface area contributed by atoms with Crippen LogP contribution in [0.25, 0.3) is 0 Å². The van der Waals surface area contributed by atoms with E-state index in [1.54, 1.807) is 27.7 Å². The number of nitrogens with zero attached hydrogens (tertiary/aromatic N) is 1. The minimum Gasteiger partial charge on any atom is -0.508 e. The third-order valence-electron chi connectivity index (χ3n) is 18.9. The van der Waals surface area contributed by atoms with E-state index in [2.05, 4.69) is 54.8 Å². The van der Waals surface area contributed by atoms with E-state index in [1.165, 1.54) is 80.6 Å². The molecule has 106 heavy (non-hydrogen) atoms. The first-order chi connectivity index (χ1) is 50.3. The standard InChI is InChI=1S/C74H114N12O20/c1-7-9-10-11-12-13-14-15-16-17-18-21-49(89)42-59(91)77-52(33-36-60(92)93)66(97)78-51(22-19-38-75)65(96)81-56-41-47-26-30-50(31-27-47)106-74(105)63(44(5)8-2)84-69(100)55(40-46-24-28-48(88)29-25-46)82-67(98)53(32-35-58(76)90)79-71(102)57-23-20-39-86(57)73(104)62(43(3)4)83-68(99)54(34-37-61(94)95)80-72(103)64(45(6)87)85-70(56)101/h24-31,43-45,49,51-57,62-64,87-89H,7-23,32-42,75H2,1-6H3,(H2,76,90)(H,77,91)(H,78,97)(H,79,102)(H,80,103)(H,81,96)(H,82,98)(H,83,99)(H,84,100)(H,85,101)(H,92,93)(H,94,95)/t44-,45+,49+,51+,52-,53-,54-,55+,56-,57-,62?,63-,64+/m0/s1. The van der Waals surface area contributed by atoms with Crippen LogP contribution in [0.5, 0.6) is 11.5 Å². The van der Waals surface area contributed by atoms with Crippen LogP contribution in [-0.2, 0) is 80.0 Å². The number of carboxylic acid groups (broad SMARTS) is 2. The molecule has 3 heterocycles. The Hall–Kier alpha value is -9.30. The molecule has 1 saturated heterocycles. The van der Waals surface area contributed by atoms with Crippen LogP contribution in [0.4, 0.5) is 0 Å². The Bertz CT molecular complexity index is 3250. The third-order valence-corrected chi connectivity index (χ3v) is 18.9. The van der Waals surface area contributed by atoms with Gasteiger partial charge in [-0.25, -0.2) is 4.79 Å². The van der Waals surface area contributed by atoms with Gasteiger partial charge in [-0.05, 0) is 112 Å². The number of aliphatic carboxylic acids is 2. The molecule has 32 nitrogen and oxygen atoms in total. The molecule has 3 aliphatic rings. The average Bonchev–Trinajstić information content (AvgIpc) is 1.48. The SMILES string of the molecule is CCCCCCCCCCCCC[C@@H](O)CC(=O)N[C@@H](CCC(=O)O)C(=O)N[C@H](CCCN)C(=O)N[C@H]1Cc2ccc(cc2)OC(=O)[C@H]([C@@H](C)CC)NC(=O)[C@@H](Cc2ccc(O)cc2)NC(=O)[C@H](CCC(N)=O)NC(=O)[C@@H]2CCCN2C(=O)C(C(C)C)NC(=O)[C@H](CCC(=O)O)NC(=O)[C@@H]([C@@H](C)O)NC1=O. The minimum absolute atomic E-state index is 0.0230. The number of primary amides is 1. The number of ether oxygens (including phenoxy) is 1. The highest BCUT2D eigenvalue weighted by Gasteiger charge is 2.43. The number of nitrogens with two attached hydrogens (primary N) is 2. The van der Waals surface area contributed by atoms with Gasteiger partial charge in [0.2, 0.25) is 65.0 Å². The topological polar surface area (TPSA) is 513 Å². The largest absolute Gasteiger partial charge is 0.508 e. The van der Waals surface area contributed by atoms with Crippen molar-refractivity contribution < 1.29 is 97.4 Å². The third kappa shape index (κ3) is 31.4. The second kappa shape index (κ2) is 46.6. The summed E-state index contributed by atoms with van der Waals surface area (Å²) in [5.41, 5.74) is 12.1. The zero-order chi connectivity index (χ0) is 78.6. The summed E-state index contributed by atoms with van der Waals surface area (Å²) in [6.45, 7) is 9.70. The monoisotopic (exact) mass is 1490 g/mol. The van der Waals surface area contributed by atoms with Gasteiger partial charge in [-0.15, -0.1) is 0 Å². The summed E-state index contributed by atoms with van der Waals surface area (Å²) in [7, 11) is 0. The predicted molar refractivity (Wildman–Crippen MR) is 388 cm³/mol. The van der Waals surface area contributed by atoms with Crippen LogP contribution in [0.2, 0.25) is 0 Å². The molecule has 18 N–H and O–H groups in total. The van der Waals surface area contributed by atoms with Crippen LogP contribution in [0.3, 0.4) is 0 Å². The second-order valence-corrected chi connectivity index (χ2v) is 28.1. The molecular formula is C74H114N12O20. The Morgan fingerprint density at radius 2 is 1.14 bits per heavy atom. The summed E-state index contributed by atoms with van der Waals surface area (Å²) in [6, 6.07) is -4.87. The van der Waals surface area contributed by atoms with Gasteiger partial charge in [0, 0.05) is 38.6 Å². The first-order valence-electron chi connectivity index (χ1n) is 37.3. The molecule has 32 heteroatoms. The van der Waals surface area contributed by atoms with Gasteiger partial charge in [0.05, 0.1) is 18.6 Å². The van der Waals surface area contributed by atoms with Crippen molar-refractivity contribution in [2.24, 2.45) is 23.3 Å². The van der Waals surface area contributed by atoms with Crippen LogP contribution < -0.4 is 64.1 Å². The molecule has 13 atom stereocenters. The number of aromatic hydroxyl groups is 1. The van der Waals surface area contributed by atoms with Crippen molar-refractivity contribution in [3.8, 4) is 11.5 Å². The number of amides is 11. The number of rotatable bonds is 37. The maximum absolute atomic E-state index is 14.9. The lowest BCUT2D eigenvalue weighted by molar-refractivity contribution is -0.144. The van der Waals surface area contributed by atoms with Crippen molar-refractivity contribution in [1.29, 1.82) is 0 Å². The van der Waals surface area contributed by atoms with E-state index in [1.807, 2.05) is 0 Å². The van der Waals surface area contributed by atoms with Gasteiger partial charge in [0.25, 0.3) is 0 Å². The van der Waals surface area contributed by atoms with Crippen molar-refractivity contribution in [3.05, 3.63) is 59.7 Å². The van der Waals surface area contributed by atoms with E-state index < -0.39 is 219 Å². The number of unbranched alkanes of at least 4 members (excludes halogenated alkanes) is 10. The average molecular weight is 1490 g/mol. The molecule has 0 spiro atoms. The smallest absolute Gasteiger partial charge is 0.334 e. The van der Waals surface area contributed by atoms with Gasteiger partial charge in [-0.3, -0.25) is 62.3 Å². The number of hydrogen-bond acceptors (Lipinski definition) is 19. The van der Waals surface area contributed by atoms with Crippen LogP contribution >= 0.6 is 0 Å². The van der Waals surface area contributed by atoms with Crippen molar-refractivity contribution >= 4 is 82.9 Å². The molecule has 0 saturated carbocycles. The minimum atomic E-state index is -1.99. The summed E-state index contributed by atoms with van der Waals surface area (Å²) in [5, 5.41) is 74.6. The van der Waals surface area contributed by atoms with Gasteiger partial charge in [0.15, 0.2) is 0 Å². The molecule has 2 aromatic rings. The lowest BCUT2D eigenvalue weighted by Crippen LogP contribution is -2.62. The van der Waals surface area contributed by atoms with E-state index in [0.29, 0.717) is 24.8 Å². The lowest BCUT2D eigenvalue weighted by atomic mass is 9.97. The quantitative estimate of drug-likeness (QED) is 0.0198. The van der Waals surface area contributed by atoms with Crippen LogP contribution in [-0.4, -0.2) is 199 Å². The van der Waals surface area contributed by atoms with Gasteiger partial charge in [-0.1, -0.05) is 136 Å². The number of aliphatic hydroxyl groups is 2. The fourth-order valence-electron chi connectivity index (χ4n) is 12.4. The van der Waals surface area contributed by atoms with Crippen molar-refractivity contribution in [2.45, 2.75) is 281 Å². The Balaban J connectivity index is 1.78. The van der Waals surface area contributed by atoms with Crippen LogP contribution in [0.15, 0.2) is 48.5 Å². The molecule has 1 fully saturated rings. The molecule has 0 aliphatic carbocycles. The highest BCUT2D eigenvalue weighted by Crippen LogP contribution is 2.24. The lowest BCUT2D eigenvalue weighted by Gasteiger charge is -2.32. The van der Waals surface area contributed by atoms with Crippen molar-refractivity contribution in [3.63, 3.8) is 0 Å². The Kier molecular flexibility index (Phi) is 39.2. The highest BCUT2D eigenvalue weighted by atomic mass is 16.5. The molecule has 0 radical (unpaired) electrons. The Morgan fingerprint density at radius 1 is 0.594 bits per heavy atom. The number of carbonyl (C=O) groups excluding carboxylic acids is 12. The molecule has 590 valence electrons. The summed E-state index contributed by atoms with van der Waals surface area (Å²) in [6.07, 6.45) is 5.31. The van der Waals surface area contributed by atoms with Gasteiger partial charge in [-0.2, -0.15) is 0 Å². The van der Waals surface area contributed by atoms with Gasteiger partial charge >= 0.3 is 17.9 Å². The molecular weight excluding hydrogens is 1380 g/mol. The number of fused-ring (bicyclic) bond motifs is 23. The molecule has 1 unspecified atom stereocenters. The molecule has 5 rings (SSSR count). The fraction of sp³-hybridized carbons (Fsp3) is 0.649. The first-order valence-corrected chi connectivity index (χ1v) is 37.3. The zero-order valence-electron chi connectivity index (χ0n) is 62.0. The fourth-order valence-corrected chi connectivity index (χ4v) is 12.4. The van der Waals surface area contributed by atoms with Gasteiger partial charge in [0.1, 0.15) is 71.9 Å². The number of phenols is 1. The van der Waals surface area contributed by atoms with E-state index in [9.17, 15) is 92.7 Å². The van der Waals surface area contributed by atoms with E-state index in [4.69, 9.17) is 16.2 Å². The van der Waals surface area contributed by atoms with E-state index >= 15 is 0 Å². The number of carbonyl (C=O) groups is 14. The maximum Gasteiger partial charge on any atom is 0.334 e. The zero-order valence-corrected chi connectivity index (χ0v) is 62.0. The molecule has 3 aliphatic heterocycles. The number of benzene rings is 2. The predicted octanol–water partition coefficient (Wildman–Crippen LogP) is 1.72. The number of esters is 1. The number of aliphatic hydroxyl groups excluding tert-OH is 2. The number of hydrogen-bond donors (Lipinski definition) is 16. The Labute approximate surface area is 619 Å². The summed E-state index contributed by atoms with van der Waals surface area (Å²) < 4.78 is 5.83. The summed E-state index contributed by atoms with van der Waals surface area (Å²) >= 11 is 0.